The maximum Gasteiger partial charge on any atom is 0.490 e. The Kier molecular flexibility index (Phi) is 10.4. The molecule has 196 valence electrons. The van der Waals surface area contributed by atoms with Gasteiger partial charge in [0.2, 0.25) is 0 Å². The summed E-state index contributed by atoms with van der Waals surface area (Å²) in [7, 11) is -17.4. The molecule has 0 amide bonds. The number of nitrogens with one attached hydrogen (secondary N) is 1. The van der Waals surface area contributed by atoms with Crippen molar-refractivity contribution in [3.05, 3.63) is 45.3 Å². The zero-order chi connectivity index (χ0) is 26.5. The first kappa shape index (κ1) is 30.7. The van der Waals surface area contributed by atoms with Crippen LogP contribution in [0.15, 0.2) is 34.0 Å². The van der Waals surface area contributed by atoms with Crippen LogP contribution in [0.3, 0.4) is 0 Å². The Labute approximate surface area is 189 Å². The molecule has 7 N–H and O–H groups in total. The third-order valence-corrected chi connectivity index (χ3v) is 7.31. The Balaban J connectivity index is 3.21. The molecule has 34 heavy (non-hydrogen) atoms. The molecule has 0 saturated carbocycles. The van der Waals surface area contributed by atoms with Gasteiger partial charge in [0.1, 0.15) is 18.9 Å². The van der Waals surface area contributed by atoms with E-state index in [0.717, 1.165) is 12.3 Å². The maximum absolute atomic E-state index is 15.5. The third-order valence-electron chi connectivity index (χ3n) is 3.53. The first-order valence-electron chi connectivity index (χ1n) is 8.69. The second-order valence-corrected chi connectivity index (χ2v) is 11.0. The molecular formula is C13H22FN2O15P3. The molecule has 1 heterocycles. The van der Waals surface area contributed by atoms with Gasteiger partial charge in [0.05, 0.1) is 6.61 Å². The molecule has 0 fully saturated rings. The highest BCUT2D eigenvalue weighted by atomic mass is 31.3. The molecule has 0 spiro atoms. The van der Waals surface area contributed by atoms with Crippen molar-refractivity contribution < 1.29 is 65.8 Å². The normalized spacial score (nSPS) is 19.4. The summed E-state index contributed by atoms with van der Waals surface area (Å²) in [5.41, 5.74) is -1.62. The maximum atomic E-state index is 15.5. The van der Waals surface area contributed by atoms with Crippen LogP contribution in [0.25, 0.3) is 0 Å². The Bertz CT molecular complexity index is 1130. The monoisotopic (exact) mass is 558 g/mol. The van der Waals surface area contributed by atoms with Crippen molar-refractivity contribution in [2.45, 2.75) is 31.5 Å². The van der Waals surface area contributed by atoms with Crippen LogP contribution in [-0.4, -0.2) is 64.5 Å². The van der Waals surface area contributed by atoms with Gasteiger partial charge in [-0.1, -0.05) is 12.2 Å². The van der Waals surface area contributed by atoms with Crippen molar-refractivity contribution in [3.8, 4) is 0 Å². The SMILES string of the molecule is C=C(C)CC(OC(F)(COP(=O)(O)OP(=O)(O)OP(=O)(O)O)C(O)CO)n1ccc(=O)[nH]c1=O. The summed E-state index contributed by atoms with van der Waals surface area (Å²) in [4.78, 5) is 60.8. The van der Waals surface area contributed by atoms with Crippen LogP contribution in [0.4, 0.5) is 4.39 Å². The third kappa shape index (κ3) is 10.1. The number of aromatic nitrogens is 2. The summed E-state index contributed by atoms with van der Waals surface area (Å²) in [6.45, 7) is 1.81. The number of nitrogens with zero attached hydrogens (tertiary/aromatic N) is 1. The number of aliphatic hydroxyl groups excluding tert-OH is 2. The van der Waals surface area contributed by atoms with Gasteiger partial charge < -0.3 is 34.5 Å². The van der Waals surface area contributed by atoms with Crippen LogP contribution in [0.1, 0.15) is 19.6 Å². The minimum atomic E-state index is -5.92. The van der Waals surface area contributed by atoms with Crippen molar-refractivity contribution in [2.24, 2.45) is 0 Å². The van der Waals surface area contributed by atoms with Crippen LogP contribution < -0.4 is 11.2 Å². The first-order valence-corrected chi connectivity index (χ1v) is 13.2. The second kappa shape index (κ2) is 11.6. The average molecular weight is 558 g/mol. The van der Waals surface area contributed by atoms with Crippen molar-refractivity contribution in [2.75, 3.05) is 13.2 Å². The lowest BCUT2D eigenvalue weighted by molar-refractivity contribution is -0.267. The average Bonchev–Trinajstić information content (AvgIpc) is 2.62. The van der Waals surface area contributed by atoms with Gasteiger partial charge in [-0.3, -0.25) is 18.9 Å². The van der Waals surface area contributed by atoms with E-state index in [0.29, 0.717) is 4.57 Å². The molecule has 0 aliphatic heterocycles. The molecule has 21 heteroatoms. The van der Waals surface area contributed by atoms with E-state index >= 15 is 4.39 Å². The van der Waals surface area contributed by atoms with E-state index in [2.05, 4.69) is 19.7 Å². The van der Waals surface area contributed by atoms with Crippen LogP contribution >= 0.6 is 23.5 Å². The number of phosphoric acid groups is 3. The van der Waals surface area contributed by atoms with Crippen molar-refractivity contribution in [3.63, 3.8) is 0 Å². The minimum absolute atomic E-state index is 0.289. The standard InChI is InChI=1S/C13H22FN2O15P3/c1-8(2)5-11(16-4-3-10(19)15-12(16)20)29-13(14,9(18)6-17)7-28-33(24,25)31-34(26,27)30-32(21,22)23/h3-4,9,11,17-18H,1,5-7H2,2H3,(H,24,25)(H,26,27)(H,15,19,20)(H2,21,22,23). The number of hydrogen-bond acceptors (Lipinski definition) is 11. The Morgan fingerprint density at radius 3 is 2.26 bits per heavy atom. The van der Waals surface area contributed by atoms with Crippen LogP contribution in [0.5, 0.6) is 0 Å². The molecule has 5 atom stereocenters. The number of H-pyrrole nitrogens is 1. The molecular weight excluding hydrogens is 536 g/mol. The van der Waals surface area contributed by atoms with Gasteiger partial charge in [-0.15, -0.1) is 0 Å². The number of alkyl halides is 1. The van der Waals surface area contributed by atoms with Crippen molar-refractivity contribution in [1.29, 1.82) is 0 Å². The van der Waals surface area contributed by atoms with Gasteiger partial charge in [0.15, 0.2) is 0 Å². The Morgan fingerprint density at radius 1 is 1.21 bits per heavy atom. The van der Waals surface area contributed by atoms with E-state index in [4.69, 9.17) is 24.5 Å². The highest BCUT2D eigenvalue weighted by molar-refractivity contribution is 7.66. The topological polar surface area (TPSA) is 264 Å². The van der Waals surface area contributed by atoms with E-state index in [-0.39, 0.29) is 12.0 Å². The fourth-order valence-electron chi connectivity index (χ4n) is 2.19. The smallest absolute Gasteiger partial charge is 0.393 e. The fraction of sp³-hybridized carbons (Fsp3) is 0.538. The molecule has 1 aromatic heterocycles. The van der Waals surface area contributed by atoms with Crippen LogP contribution in [0, 0.1) is 0 Å². The predicted molar refractivity (Wildman–Crippen MR) is 108 cm³/mol. The van der Waals surface area contributed by atoms with E-state index in [9.17, 15) is 33.3 Å². The number of phosphoric ester groups is 1. The zero-order valence-corrected chi connectivity index (χ0v) is 19.8. The van der Waals surface area contributed by atoms with Crippen molar-refractivity contribution >= 4 is 23.5 Å². The molecule has 0 aromatic carbocycles. The van der Waals surface area contributed by atoms with E-state index < -0.39 is 66.1 Å². The van der Waals surface area contributed by atoms with Crippen molar-refractivity contribution in [1.82, 2.24) is 9.55 Å². The number of rotatable bonds is 14. The summed E-state index contributed by atoms with van der Waals surface area (Å²) in [5.74, 6) is -3.62. The highest BCUT2D eigenvalue weighted by Gasteiger charge is 2.47. The zero-order valence-electron chi connectivity index (χ0n) is 17.2. The summed E-state index contributed by atoms with van der Waals surface area (Å²) < 4.78 is 66.1. The largest absolute Gasteiger partial charge is 0.490 e. The van der Waals surface area contributed by atoms with Gasteiger partial charge in [0.25, 0.3) is 11.4 Å². The number of ether oxygens (including phenoxy) is 1. The van der Waals surface area contributed by atoms with Crippen LogP contribution in [-0.2, 0) is 31.6 Å². The van der Waals surface area contributed by atoms with E-state index in [1.165, 1.54) is 6.92 Å². The molecule has 1 aromatic rings. The summed E-state index contributed by atoms with van der Waals surface area (Å²) in [6.07, 6.45) is -3.63. The highest BCUT2D eigenvalue weighted by Crippen LogP contribution is 2.66. The molecule has 0 aliphatic rings. The summed E-state index contributed by atoms with van der Waals surface area (Å²) in [6, 6.07) is 0.866. The number of aliphatic hydroxyl groups is 2. The number of halogens is 1. The molecule has 0 aliphatic carbocycles. The summed E-state index contributed by atoms with van der Waals surface area (Å²) >= 11 is 0. The Morgan fingerprint density at radius 2 is 1.79 bits per heavy atom. The van der Waals surface area contributed by atoms with Gasteiger partial charge in [0, 0.05) is 18.7 Å². The first-order chi connectivity index (χ1) is 15.3. The van der Waals surface area contributed by atoms with Gasteiger partial charge in [-0.25, -0.2) is 22.9 Å². The molecule has 0 bridgehead atoms. The lowest BCUT2D eigenvalue weighted by Gasteiger charge is -2.34. The van der Waals surface area contributed by atoms with Gasteiger partial charge in [-0.05, 0) is 6.92 Å². The number of hydrogen-bond donors (Lipinski definition) is 7. The molecule has 0 radical (unpaired) electrons. The van der Waals surface area contributed by atoms with Crippen LogP contribution in [0.2, 0.25) is 0 Å². The fourth-order valence-corrected chi connectivity index (χ4v) is 5.23. The second-order valence-electron chi connectivity index (χ2n) is 6.60. The molecule has 0 saturated heterocycles. The molecule has 17 nitrogen and oxygen atoms in total. The molecule has 5 unspecified atom stereocenters. The van der Waals surface area contributed by atoms with Gasteiger partial charge >= 0.3 is 29.2 Å². The Hall–Kier alpha value is -1.36. The van der Waals surface area contributed by atoms with E-state index in [1.807, 2.05) is 4.98 Å². The lowest BCUT2D eigenvalue weighted by atomic mass is 10.1. The van der Waals surface area contributed by atoms with E-state index in [1.54, 1.807) is 0 Å². The lowest BCUT2D eigenvalue weighted by Crippen LogP contribution is -2.49. The quantitative estimate of drug-likeness (QED) is 0.111. The predicted octanol–water partition coefficient (Wildman–Crippen LogP) is -0.620. The van der Waals surface area contributed by atoms with Gasteiger partial charge in [-0.2, -0.15) is 8.62 Å². The summed E-state index contributed by atoms with van der Waals surface area (Å²) in [5, 5.41) is 19.0. The minimum Gasteiger partial charge on any atom is -0.393 e. The number of aromatic amines is 1. The molecule has 1 rings (SSSR count).